The van der Waals surface area contributed by atoms with E-state index < -0.39 is 0 Å². The predicted octanol–water partition coefficient (Wildman–Crippen LogP) is 2.12. The fourth-order valence-corrected chi connectivity index (χ4v) is 3.59. The summed E-state index contributed by atoms with van der Waals surface area (Å²) < 4.78 is 5.98. The largest absolute Gasteiger partial charge is 0.374 e. The van der Waals surface area contributed by atoms with E-state index >= 15 is 0 Å². The molecule has 0 saturated carbocycles. The number of fused-ring (bicyclic) bond motifs is 2. The average molecular weight is 285 g/mol. The zero-order valence-corrected chi connectivity index (χ0v) is 12.3. The van der Waals surface area contributed by atoms with Crippen LogP contribution in [0.3, 0.4) is 0 Å². The van der Waals surface area contributed by atoms with Crippen molar-refractivity contribution in [2.45, 2.75) is 31.5 Å². The minimum atomic E-state index is 0.341. The second-order valence-corrected chi connectivity index (χ2v) is 6.28. The van der Waals surface area contributed by atoms with Gasteiger partial charge in [-0.05, 0) is 42.5 Å². The summed E-state index contributed by atoms with van der Waals surface area (Å²) in [6.07, 6.45) is 4.98. The predicted molar refractivity (Wildman–Crippen MR) is 84.3 cm³/mol. The molecule has 2 atom stereocenters. The van der Waals surface area contributed by atoms with Crippen molar-refractivity contribution in [3.05, 3.63) is 36.0 Å². The number of nitrogens with one attached hydrogen (secondary N) is 2. The van der Waals surface area contributed by atoms with Crippen LogP contribution >= 0.6 is 0 Å². The van der Waals surface area contributed by atoms with Gasteiger partial charge in [0.25, 0.3) is 0 Å². The molecule has 21 heavy (non-hydrogen) atoms. The zero-order valence-electron chi connectivity index (χ0n) is 12.3. The van der Waals surface area contributed by atoms with E-state index in [4.69, 9.17) is 4.74 Å². The molecule has 2 aromatic rings. The Morgan fingerprint density at radius 1 is 1.33 bits per heavy atom. The van der Waals surface area contributed by atoms with Gasteiger partial charge in [0.05, 0.1) is 12.7 Å². The minimum absolute atomic E-state index is 0.341. The number of hydrogen-bond acceptors (Lipinski definition) is 3. The zero-order chi connectivity index (χ0) is 14.1. The van der Waals surface area contributed by atoms with E-state index in [9.17, 15) is 0 Å². The Morgan fingerprint density at radius 2 is 2.33 bits per heavy atom. The second kappa shape index (κ2) is 5.79. The molecule has 4 nitrogen and oxygen atoms in total. The van der Waals surface area contributed by atoms with Crippen LogP contribution < -0.4 is 5.32 Å². The van der Waals surface area contributed by atoms with Crippen LogP contribution in [0.25, 0.3) is 10.9 Å². The average Bonchev–Trinajstić information content (AvgIpc) is 3.14. The Bertz CT molecular complexity index is 609. The van der Waals surface area contributed by atoms with Crippen LogP contribution in [-0.4, -0.2) is 48.3 Å². The number of hydrogen-bond donors (Lipinski definition) is 2. The van der Waals surface area contributed by atoms with Crippen molar-refractivity contribution in [2.75, 3.05) is 26.2 Å². The number of rotatable bonds is 4. The molecule has 1 aromatic carbocycles. The molecule has 0 amide bonds. The van der Waals surface area contributed by atoms with E-state index in [1.54, 1.807) is 0 Å². The summed E-state index contributed by atoms with van der Waals surface area (Å²) in [6, 6.07) is 9.39. The fraction of sp³-hybridized carbons (Fsp3) is 0.529. The highest BCUT2D eigenvalue weighted by atomic mass is 16.5. The molecule has 2 saturated heterocycles. The van der Waals surface area contributed by atoms with Crippen LogP contribution in [0.4, 0.5) is 0 Å². The molecule has 3 heterocycles. The van der Waals surface area contributed by atoms with Gasteiger partial charge in [0.1, 0.15) is 0 Å². The van der Waals surface area contributed by atoms with E-state index in [1.807, 2.05) is 6.20 Å². The normalized spacial score (nSPS) is 26.3. The van der Waals surface area contributed by atoms with E-state index in [0.29, 0.717) is 12.1 Å². The number of H-pyrrole nitrogens is 1. The molecular formula is C17H23N3O. The first kappa shape index (κ1) is 13.3. The molecule has 112 valence electrons. The molecule has 0 aliphatic carbocycles. The number of morpholine rings is 1. The molecule has 1 aromatic heterocycles. The number of aromatic nitrogens is 1. The maximum Gasteiger partial charge on any atom is 0.0827 e. The number of nitrogens with zero attached hydrogens (tertiary/aromatic N) is 1. The molecule has 4 rings (SSSR count). The number of aromatic amines is 1. The molecule has 0 spiro atoms. The lowest BCUT2D eigenvalue weighted by atomic mass is 10.1. The van der Waals surface area contributed by atoms with Crippen LogP contribution in [-0.2, 0) is 11.3 Å². The van der Waals surface area contributed by atoms with Crippen molar-refractivity contribution in [3.8, 4) is 0 Å². The lowest BCUT2D eigenvalue weighted by Gasteiger charge is -2.35. The van der Waals surface area contributed by atoms with Crippen LogP contribution in [0.1, 0.15) is 18.4 Å². The Labute approximate surface area is 125 Å². The minimum Gasteiger partial charge on any atom is -0.374 e. The topological polar surface area (TPSA) is 40.3 Å². The van der Waals surface area contributed by atoms with Crippen molar-refractivity contribution in [2.24, 2.45) is 0 Å². The summed E-state index contributed by atoms with van der Waals surface area (Å²) in [5.41, 5.74) is 2.53. The van der Waals surface area contributed by atoms with Gasteiger partial charge >= 0.3 is 0 Å². The Hall–Kier alpha value is -1.36. The first-order chi connectivity index (χ1) is 10.4. The monoisotopic (exact) mass is 285 g/mol. The highest BCUT2D eigenvalue weighted by Gasteiger charge is 2.31. The molecule has 2 unspecified atom stereocenters. The number of benzene rings is 1. The standard InChI is InChI=1S/C17H23N3O/c1-2-15-12-21-16(11-20(15)7-1)10-18-9-13-3-4-14-5-6-19-17(14)8-13/h3-6,8,15-16,18-19H,1-2,7,9-12H2. The van der Waals surface area contributed by atoms with E-state index in [2.05, 4.69) is 39.5 Å². The highest BCUT2D eigenvalue weighted by Crippen LogP contribution is 2.22. The van der Waals surface area contributed by atoms with Gasteiger partial charge in [-0.25, -0.2) is 0 Å². The lowest BCUT2D eigenvalue weighted by molar-refractivity contribution is -0.0470. The lowest BCUT2D eigenvalue weighted by Crippen LogP contribution is -2.49. The van der Waals surface area contributed by atoms with Crippen LogP contribution in [0.15, 0.2) is 30.5 Å². The van der Waals surface area contributed by atoms with Crippen LogP contribution in [0.2, 0.25) is 0 Å². The summed E-state index contributed by atoms with van der Waals surface area (Å²) >= 11 is 0. The summed E-state index contributed by atoms with van der Waals surface area (Å²) in [4.78, 5) is 5.86. The van der Waals surface area contributed by atoms with E-state index in [-0.39, 0.29) is 0 Å². The first-order valence-corrected chi connectivity index (χ1v) is 8.01. The maximum atomic E-state index is 5.98. The van der Waals surface area contributed by atoms with Crippen molar-refractivity contribution >= 4 is 10.9 Å². The number of ether oxygens (including phenoxy) is 1. The van der Waals surface area contributed by atoms with Gasteiger partial charge in [-0.1, -0.05) is 12.1 Å². The third-order valence-electron chi connectivity index (χ3n) is 4.78. The van der Waals surface area contributed by atoms with Crippen LogP contribution in [0.5, 0.6) is 0 Å². The van der Waals surface area contributed by atoms with Gasteiger partial charge in [0.2, 0.25) is 0 Å². The van der Waals surface area contributed by atoms with Crippen LogP contribution in [0, 0.1) is 0 Å². The van der Waals surface area contributed by atoms with Gasteiger partial charge in [-0.2, -0.15) is 0 Å². The van der Waals surface area contributed by atoms with Gasteiger partial charge in [-0.3, -0.25) is 4.90 Å². The third-order valence-corrected chi connectivity index (χ3v) is 4.78. The molecule has 0 radical (unpaired) electrons. The first-order valence-electron chi connectivity index (χ1n) is 8.01. The molecular weight excluding hydrogens is 262 g/mol. The fourth-order valence-electron chi connectivity index (χ4n) is 3.59. The Balaban J connectivity index is 1.29. The van der Waals surface area contributed by atoms with Gasteiger partial charge in [0.15, 0.2) is 0 Å². The van der Waals surface area contributed by atoms with Crippen molar-refractivity contribution < 1.29 is 4.74 Å². The molecule has 2 aliphatic heterocycles. The molecule has 2 N–H and O–H groups in total. The third kappa shape index (κ3) is 2.84. The quantitative estimate of drug-likeness (QED) is 0.904. The summed E-state index contributed by atoms with van der Waals surface area (Å²) in [5.74, 6) is 0. The highest BCUT2D eigenvalue weighted by molar-refractivity contribution is 5.79. The summed E-state index contributed by atoms with van der Waals surface area (Å²) in [6.45, 7) is 5.10. The molecule has 0 bridgehead atoms. The van der Waals surface area contributed by atoms with Gasteiger partial charge in [0, 0.05) is 37.4 Å². The summed E-state index contributed by atoms with van der Waals surface area (Å²) in [7, 11) is 0. The van der Waals surface area contributed by atoms with Crippen molar-refractivity contribution in [3.63, 3.8) is 0 Å². The SMILES string of the molecule is c1cc2ccc(CNCC3CN4CCCC4CO3)cc2[nH]1. The van der Waals surface area contributed by atoms with Gasteiger partial charge < -0.3 is 15.0 Å². The molecule has 2 fully saturated rings. The Morgan fingerprint density at radius 3 is 3.33 bits per heavy atom. The second-order valence-electron chi connectivity index (χ2n) is 6.28. The van der Waals surface area contributed by atoms with Gasteiger partial charge in [-0.15, -0.1) is 0 Å². The van der Waals surface area contributed by atoms with E-state index in [1.165, 1.54) is 35.9 Å². The smallest absolute Gasteiger partial charge is 0.0827 e. The van der Waals surface area contributed by atoms with Crippen molar-refractivity contribution in [1.29, 1.82) is 0 Å². The molecule has 4 heteroatoms. The van der Waals surface area contributed by atoms with Crippen molar-refractivity contribution in [1.82, 2.24) is 15.2 Å². The molecule has 2 aliphatic rings. The summed E-state index contributed by atoms with van der Waals surface area (Å²) in [5, 5.41) is 4.82. The Kier molecular flexibility index (Phi) is 3.67. The maximum absolute atomic E-state index is 5.98. The van der Waals surface area contributed by atoms with E-state index in [0.717, 1.165) is 26.2 Å².